The number of benzene rings is 1. The van der Waals surface area contributed by atoms with Gasteiger partial charge in [-0.3, -0.25) is 9.59 Å². The van der Waals surface area contributed by atoms with Crippen molar-refractivity contribution in [3.05, 3.63) is 41.7 Å². The molecule has 1 aromatic carbocycles. The van der Waals surface area contributed by atoms with E-state index in [1.54, 1.807) is 7.05 Å². The van der Waals surface area contributed by atoms with Crippen molar-refractivity contribution < 1.29 is 9.59 Å². The maximum absolute atomic E-state index is 13.1. The van der Waals surface area contributed by atoms with Gasteiger partial charge >= 0.3 is 0 Å². The van der Waals surface area contributed by atoms with Crippen LogP contribution < -0.4 is 5.32 Å². The van der Waals surface area contributed by atoms with E-state index in [2.05, 4.69) is 9.88 Å². The Bertz CT molecular complexity index is 811. The number of amides is 2. The van der Waals surface area contributed by atoms with Crippen LogP contribution in [-0.4, -0.2) is 45.9 Å². The Labute approximate surface area is 160 Å². The van der Waals surface area contributed by atoms with Crippen LogP contribution in [0.2, 0.25) is 0 Å². The Morgan fingerprint density at radius 2 is 1.93 bits per heavy atom. The van der Waals surface area contributed by atoms with Gasteiger partial charge in [-0.2, -0.15) is 0 Å². The van der Waals surface area contributed by atoms with Gasteiger partial charge in [0.2, 0.25) is 5.91 Å². The third kappa shape index (κ3) is 4.38. The monoisotopic (exact) mass is 368 g/mol. The number of aromatic nitrogens is 2. The van der Waals surface area contributed by atoms with Crippen LogP contribution in [-0.2, 0) is 17.8 Å². The van der Waals surface area contributed by atoms with Crippen molar-refractivity contribution in [1.82, 2.24) is 19.8 Å². The molecule has 1 aliphatic rings. The van der Waals surface area contributed by atoms with Gasteiger partial charge in [-0.05, 0) is 33.1 Å². The van der Waals surface area contributed by atoms with Gasteiger partial charge in [0, 0.05) is 25.2 Å². The van der Waals surface area contributed by atoms with Gasteiger partial charge in [0.05, 0.1) is 12.2 Å². The minimum Gasteiger partial charge on any atom is -0.352 e. The fourth-order valence-corrected chi connectivity index (χ4v) is 3.53. The molecule has 2 heterocycles. The van der Waals surface area contributed by atoms with Crippen molar-refractivity contribution in [2.24, 2.45) is 0 Å². The molecule has 0 saturated heterocycles. The molecule has 1 N–H and O–H groups in total. The highest BCUT2D eigenvalue weighted by Crippen LogP contribution is 2.27. The molecule has 6 heteroatoms. The third-order valence-corrected chi connectivity index (χ3v) is 4.78. The van der Waals surface area contributed by atoms with Crippen LogP contribution >= 0.6 is 0 Å². The lowest BCUT2D eigenvalue weighted by Gasteiger charge is -2.17. The highest BCUT2D eigenvalue weighted by molar-refractivity contribution is 5.96. The molecule has 3 rings (SSSR count). The van der Waals surface area contributed by atoms with Gasteiger partial charge in [-0.15, -0.1) is 0 Å². The summed E-state index contributed by atoms with van der Waals surface area (Å²) in [6.45, 7) is 4.71. The lowest BCUT2D eigenvalue weighted by atomic mass is 10.1. The number of likely N-dealkylation sites (N-methyl/N-ethyl adjacent to an activating group) is 1. The molecule has 0 saturated carbocycles. The molecule has 27 heavy (non-hydrogen) atoms. The fraction of sp³-hybridized carbons (Fsp3) is 0.476. The van der Waals surface area contributed by atoms with Crippen molar-refractivity contribution in [3.8, 4) is 11.4 Å². The summed E-state index contributed by atoms with van der Waals surface area (Å²) in [5.74, 6) is 0.493. The number of fused-ring (bicyclic) bond motifs is 1. The van der Waals surface area contributed by atoms with E-state index in [1.165, 1.54) is 4.90 Å². The molecular weight excluding hydrogens is 340 g/mol. The number of hydrogen-bond donors (Lipinski definition) is 1. The minimum atomic E-state index is -0.193. The minimum absolute atomic E-state index is 0.0317. The predicted molar refractivity (Wildman–Crippen MR) is 105 cm³/mol. The topological polar surface area (TPSA) is 67.2 Å². The number of nitrogens with zero attached hydrogens (tertiary/aromatic N) is 3. The molecule has 0 atom stereocenters. The highest BCUT2D eigenvalue weighted by Gasteiger charge is 2.26. The molecule has 0 unspecified atom stereocenters. The zero-order valence-electron chi connectivity index (χ0n) is 16.4. The normalized spacial score (nSPS) is 13.8. The van der Waals surface area contributed by atoms with E-state index < -0.39 is 0 Å². The molecule has 1 aromatic heterocycles. The van der Waals surface area contributed by atoms with Crippen LogP contribution in [0.3, 0.4) is 0 Å². The summed E-state index contributed by atoms with van der Waals surface area (Å²) in [5, 5.41) is 2.82. The van der Waals surface area contributed by atoms with E-state index in [4.69, 9.17) is 4.98 Å². The molecule has 0 radical (unpaired) electrons. The lowest BCUT2D eigenvalue weighted by Crippen LogP contribution is -2.41. The Morgan fingerprint density at radius 3 is 2.63 bits per heavy atom. The van der Waals surface area contributed by atoms with E-state index in [9.17, 15) is 9.59 Å². The summed E-state index contributed by atoms with van der Waals surface area (Å²) in [4.78, 5) is 31.3. The van der Waals surface area contributed by atoms with Crippen LogP contribution in [0.4, 0.5) is 0 Å². The number of imidazole rings is 1. The molecule has 0 bridgehead atoms. The van der Waals surface area contributed by atoms with Crippen molar-refractivity contribution in [1.29, 1.82) is 0 Å². The second kappa shape index (κ2) is 8.37. The summed E-state index contributed by atoms with van der Waals surface area (Å²) < 4.78 is 2.19. The highest BCUT2D eigenvalue weighted by atomic mass is 16.2. The number of carbonyl (C=O) groups excluding carboxylic acids is 2. The smallest absolute Gasteiger partial charge is 0.274 e. The molecule has 144 valence electrons. The van der Waals surface area contributed by atoms with Crippen molar-refractivity contribution in [2.75, 3.05) is 13.6 Å². The van der Waals surface area contributed by atoms with Crippen LogP contribution in [0.5, 0.6) is 0 Å². The van der Waals surface area contributed by atoms with E-state index in [-0.39, 0.29) is 24.4 Å². The first-order valence-corrected chi connectivity index (χ1v) is 9.67. The van der Waals surface area contributed by atoms with Gasteiger partial charge in [0.15, 0.2) is 0 Å². The largest absolute Gasteiger partial charge is 0.352 e. The van der Waals surface area contributed by atoms with Gasteiger partial charge in [-0.25, -0.2) is 4.98 Å². The number of nitrogens with one attached hydrogen (secondary N) is 1. The molecule has 6 nitrogen and oxygen atoms in total. The van der Waals surface area contributed by atoms with E-state index >= 15 is 0 Å². The summed E-state index contributed by atoms with van der Waals surface area (Å²) in [6, 6.07) is 10.0. The molecule has 0 fully saturated rings. The second-order valence-corrected chi connectivity index (χ2v) is 7.44. The van der Waals surface area contributed by atoms with Crippen LogP contribution in [0.1, 0.15) is 49.3 Å². The summed E-state index contributed by atoms with van der Waals surface area (Å²) >= 11 is 0. The van der Waals surface area contributed by atoms with Gasteiger partial charge in [0.25, 0.3) is 5.91 Å². The van der Waals surface area contributed by atoms with Crippen molar-refractivity contribution in [3.63, 3.8) is 0 Å². The lowest BCUT2D eigenvalue weighted by molar-refractivity contribution is -0.122. The molecule has 2 amide bonds. The van der Waals surface area contributed by atoms with E-state index in [0.29, 0.717) is 5.69 Å². The van der Waals surface area contributed by atoms with Crippen molar-refractivity contribution >= 4 is 11.8 Å². The number of carbonyl (C=O) groups is 2. The zero-order valence-corrected chi connectivity index (χ0v) is 16.4. The Kier molecular flexibility index (Phi) is 5.94. The second-order valence-electron chi connectivity index (χ2n) is 7.44. The molecule has 1 aliphatic heterocycles. The number of rotatable bonds is 5. The van der Waals surface area contributed by atoms with Gasteiger partial charge in [-0.1, -0.05) is 36.8 Å². The Balaban J connectivity index is 1.92. The maximum Gasteiger partial charge on any atom is 0.274 e. The quantitative estimate of drug-likeness (QED) is 0.882. The molecule has 0 spiro atoms. The molecular formula is C21H28N4O2. The fourth-order valence-electron chi connectivity index (χ4n) is 3.53. The van der Waals surface area contributed by atoms with Crippen LogP contribution in [0, 0.1) is 0 Å². The SMILES string of the molecule is CC(C)NC(=O)CN(C)C(=O)c1nc(-c2ccccc2)n2c1CCCCC2. The van der Waals surface area contributed by atoms with E-state index in [1.807, 2.05) is 44.2 Å². The first-order chi connectivity index (χ1) is 13.0. The third-order valence-electron chi connectivity index (χ3n) is 4.78. The van der Waals surface area contributed by atoms with Gasteiger partial charge < -0.3 is 14.8 Å². The predicted octanol–water partition coefficient (Wildman–Crippen LogP) is 2.87. The maximum atomic E-state index is 13.1. The summed E-state index contributed by atoms with van der Waals surface area (Å²) in [5.41, 5.74) is 2.49. The average molecular weight is 368 g/mol. The zero-order chi connectivity index (χ0) is 19.4. The van der Waals surface area contributed by atoms with Crippen LogP contribution in [0.15, 0.2) is 30.3 Å². The number of hydrogen-bond acceptors (Lipinski definition) is 3. The van der Waals surface area contributed by atoms with Gasteiger partial charge in [0.1, 0.15) is 11.5 Å². The first kappa shape index (κ1) is 19.1. The molecule has 2 aromatic rings. The van der Waals surface area contributed by atoms with Crippen LogP contribution in [0.25, 0.3) is 11.4 Å². The average Bonchev–Trinajstić information content (AvgIpc) is 2.82. The molecule has 0 aliphatic carbocycles. The van der Waals surface area contributed by atoms with E-state index in [0.717, 1.165) is 49.3 Å². The van der Waals surface area contributed by atoms with Crippen molar-refractivity contribution in [2.45, 2.75) is 52.1 Å². The Hall–Kier alpha value is -2.63. The summed E-state index contributed by atoms with van der Waals surface area (Å²) in [7, 11) is 1.66. The standard InChI is InChI=1S/C21H28N4O2/c1-15(2)22-18(26)14-24(3)21(27)19-17-12-8-5-9-13-25(17)20(23-19)16-10-6-4-7-11-16/h4,6-7,10-11,15H,5,8-9,12-14H2,1-3H3,(H,22,26). The first-order valence-electron chi connectivity index (χ1n) is 9.67. The Morgan fingerprint density at radius 1 is 1.19 bits per heavy atom. The summed E-state index contributed by atoms with van der Waals surface area (Å²) in [6.07, 6.45) is 4.13.